The highest BCUT2D eigenvalue weighted by Crippen LogP contribution is 2.37. The van der Waals surface area contributed by atoms with E-state index < -0.39 is 11.7 Å². The number of anilines is 2. The maximum atomic E-state index is 13.4. The quantitative estimate of drug-likeness (QED) is 0.335. The molecule has 0 spiro atoms. The Bertz CT molecular complexity index is 1280. The van der Waals surface area contributed by atoms with Crippen molar-refractivity contribution in [3.8, 4) is 11.3 Å². The highest BCUT2D eigenvalue weighted by atomic mass is 35.5. The molecule has 4 aromatic rings. The number of alkyl halides is 3. The number of nitrogens with one attached hydrogen (secondary N) is 1. The predicted octanol–water partition coefficient (Wildman–Crippen LogP) is 7.48. The molecule has 0 bridgehead atoms. The second kappa shape index (κ2) is 8.98. The highest BCUT2D eigenvalue weighted by Gasteiger charge is 2.34. The van der Waals surface area contributed by atoms with Crippen molar-refractivity contribution in [2.75, 3.05) is 5.32 Å². The Kier molecular flexibility index (Phi) is 6.65. The Morgan fingerprint density at radius 1 is 0.879 bits per heavy atom. The van der Waals surface area contributed by atoms with Gasteiger partial charge in [0.15, 0.2) is 0 Å². The third-order valence-electron chi connectivity index (χ3n) is 5.21. The van der Waals surface area contributed by atoms with Crippen LogP contribution in [0.15, 0.2) is 60.8 Å². The molecule has 0 saturated heterocycles. The number of nitrogens with zero attached hydrogens (tertiary/aromatic N) is 3. The van der Waals surface area contributed by atoms with Gasteiger partial charge in [-0.05, 0) is 54.3 Å². The van der Waals surface area contributed by atoms with Crippen LogP contribution < -0.4 is 5.32 Å². The van der Waals surface area contributed by atoms with Gasteiger partial charge in [-0.3, -0.25) is 4.98 Å². The minimum Gasteiger partial charge on any atom is -0.340 e. The van der Waals surface area contributed by atoms with Gasteiger partial charge in [0.05, 0.1) is 16.8 Å². The summed E-state index contributed by atoms with van der Waals surface area (Å²) < 4.78 is 40.3. The van der Waals surface area contributed by atoms with E-state index in [1.165, 1.54) is 17.8 Å². The van der Waals surface area contributed by atoms with Gasteiger partial charge < -0.3 is 5.32 Å². The lowest BCUT2D eigenvalue weighted by Gasteiger charge is -2.19. The Labute approximate surface area is 196 Å². The van der Waals surface area contributed by atoms with Crippen LogP contribution in [0.5, 0.6) is 0 Å². The van der Waals surface area contributed by atoms with E-state index in [4.69, 9.17) is 0 Å². The first-order valence-corrected chi connectivity index (χ1v) is 10.2. The Hall–Kier alpha value is -3.19. The smallest absolute Gasteiger partial charge is 0.340 e. The fraction of sp³-hybridized carbons (Fsp3) is 0.240. The van der Waals surface area contributed by atoms with Gasteiger partial charge in [0.2, 0.25) is 0 Å². The average molecular weight is 473 g/mol. The van der Waals surface area contributed by atoms with Crippen molar-refractivity contribution in [2.45, 2.75) is 39.3 Å². The molecule has 0 fully saturated rings. The van der Waals surface area contributed by atoms with Crippen LogP contribution in [0.25, 0.3) is 22.2 Å². The summed E-state index contributed by atoms with van der Waals surface area (Å²) in [6, 6.07) is 15.4. The molecule has 0 aliphatic rings. The minimum absolute atomic E-state index is 0. The van der Waals surface area contributed by atoms with Crippen LogP contribution in [-0.4, -0.2) is 15.0 Å². The predicted molar refractivity (Wildman–Crippen MR) is 128 cm³/mol. The van der Waals surface area contributed by atoms with Crippen molar-refractivity contribution in [1.29, 1.82) is 0 Å². The van der Waals surface area contributed by atoms with E-state index in [2.05, 4.69) is 53.2 Å². The highest BCUT2D eigenvalue weighted by molar-refractivity contribution is 5.93. The molecular formula is C25H24ClF3N4. The standard InChI is InChI=1S/C25H23F3N4.ClH/c1-15-30-21-14-16(22-20(25(26,27)28)6-5-13-29-22)7-12-19(21)23(31-15)32-18-10-8-17(9-11-18)24(2,3)4;/h5-14H,1-4H3,(H,30,31,32);1H. The summed E-state index contributed by atoms with van der Waals surface area (Å²) >= 11 is 0. The van der Waals surface area contributed by atoms with E-state index in [0.717, 1.165) is 11.8 Å². The molecule has 33 heavy (non-hydrogen) atoms. The van der Waals surface area contributed by atoms with Gasteiger partial charge >= 0.3 is 6.18 Å². The summed E-state index contributed by atoms with van der Waals surface area (Å²) in [5.41, 5.74) is 2.13. The number of fused-ring (bicyclic) bond motifs is 1. The number of halogens is 4. The summed E-state index contributed by atoms with van der Waals surface area (Å²) in [4.78, 5) is 12.9. The maximum Gasteiger partial charge on any atom is 0.418 e. The molecule has 4 nitrogen and oxygen atoms in total. The SMILES string of the molecule is Cc1nc(Nc2ccc(C(C)(C)C)cc2)c2ccc(-c3ncccc3C(F)(F)F)cc2n1.Cl. The van der Waals surface area contributed by atoms with Gasteiger partial charge in [0.25, 0.3) is 0 Å². The lowest BCUT2D eigenvalue weighted by atomic mass is 9.87. The second-order valence-corrected chi connectivity index (χ2v) is 8.70. The first kappa shape index (κ1) is 24.5. The van der Waals surface area contributed by atoms with E-state index in [1.807, 2.05) is 12.1 Å². The van der Waals surface area contributed by atoms with Crippen LogP contribution in [0.2, 0.25) is 0 Å². The first-order valence-electron chi connectivity index (χ1n) is 10.2. The van der Waals surface area contributed by atoms with Gasteiger partial charge in [-0.25, -0.2) is 9.97 Å². The Morgan fingerprint density at radius 3 is 2.21 bits per heavy atom. The van der Waals surface area contributed by atoms with Gasteiger partial charge in [0.1, 0.15) is 11.6 Å². The molecule has 8 heteroatoms. The zero-order valence-corrected chi connectivity index (χ0v) is 19.5. The zero-order valence-electron chi connectivity index (χ0n) is 18.7. The van der Waals surface area contributed by atoms with Crippen LogP contribution >= 0.6 is 12.4 Å². The van der Waals surface area contributed by atoms with Crippen LogP contribution in [0, 0.1) is 6.92 Å². The monoisotopic (exact) mass is 472 g/mol. The molecule has 4 rings (SSSR count). The zero-order chi connectivity index (χ0) is 23.1. The Balaban J connectivity index is 0.00000306. The largest absolute Gasteiger partial charge is 0.418 e. The van der Waals surface area contributed by atoms with E-state index in [0.29, 0.717) is 28.1 Å². The van der Waals surface area contributed by atoms with Gasteiger partial charge in [0, 0.05) is 22.8 Å². The van der Waals surface area contributed by atoms with E-state index in [1.54, 1.807) is 25.1 Å². The molecule has 0 radical (unpaired) electrons. The molecule has 2 aromatic heterocycles. The molecule has 1 N–H and O–H groups in total. The molecule has 0 amide bonds. The summed E-state index contributed by atoms with van der Waals surface area (Å²) in [6.07, 6.45) is -3.14. The minimum atomic E-state index is -4.49. The fourth-order valence-electron chi connectivity index (χ4n) is 3.54. The molecular weight excluding hydrogens is 449 g/mol. The van der Waals surface area contributed by atoms with Gasteiger partial charge in [-0.15, -0.1) is 12.4 Å². The van der Waals surface area contributed by atoms with Crippen molar-refractivity contribution in [2.24, 2.45) is 0 Å². The number of aryl methyl sites for hydroxylation is 1. The fourth-order valence-corrected chi connectivity index (χ4v) is 3.54. The van der Waals surface area contributed by atoms with Crippen molar-refractivity contribution >= 4 is 34.8 Å². The molecule has 0 aliphatic carbocycles. The van der Waals surface area contributed by atoms with E-state index in [-0.39, 0.29) is 23.5 Å². The molecule has 2 aromatic carbocycles. The lowest BCUT2D eigenvalue weighted by molar-refractivity contribution is -0.137. The number of hydrogen-bond acceptors (Lipinski definition) is 4. The molecule has 0 aliphatic heterocycles. The topological polar surface area (TPSA) is 50.7 Å². The summed E-state index contributed by atoms with van der Waals surface area (Å²) in [7, 11) is 0. The number of benzene rings is 2. The average Bonchev–Trinajstić information content (AvgIpc) is 2.72. The van der Waals surface area contributed by atoms with Crippen molar-refractivity contribution in [1.82, 2.24) is 15.0 Å². The molecule has 2 heterocycles. The number of rotatable bonds is 3. The van der Waals surface area contributed by atoms with Gasteiger partial charge in [-0.2, -0.15) is 13.2 Å². The summed E-state index contributed by atoms with van der Waals surface area (Å²) in [6.45, 7) is 8.21. The van der Waals surface area contributed by atoms with Crippen molar-refractivity contribution in [3.63, 3.8) is 0 Å². The van der Waals surface area contributed by atoms with Crippen LogP contribution in [0.3, 0.4) is 0 Å². The van der Waals surface area contributed by atoms with Crippen molar-refractivity contribution < 1.29 is 13.2 Å². The summed E-state index contributed by atoms with van der Waals surface area (Å²) in [5.74, 6) is 1.11. The normalized spacial score (nSPS) is 11.8. The van der Waals surface area contributed by atoms with Gasteiger partial charge in [-0.1, -0.05) is 39.0 Å². The van der Waals surface area contributed by atoms with Crippen LogP contribution in [0.1, 0.15) is 37.7 Å². The van der Waals surface area contributed by atoms with Crippen LogP contribution in [-0.2, 0) is 11.6 Å². The molecule has 172 valence electrons. The lowest BCUT2D eigenvalue weighted by Crippen LogP contribution is -2.10. The number of aromatic nitrogens is 3. The Morgan fingerprint density at radius 2 is 1.58 bits per heavy atom. The maximum absolute atomic E-state index is 13.4. The second-order valence-electron chi connectivity index (χ2n) is 8.70. The van der Waals surface area contributed by atoms with Crippen LogP contribution in [0.4, 0.5) is 24.7 Å². The van der Waals surface area contributed by atoms with Crippen molar-refractivity contribution in [3.05, 3.63) is 77.7 Å². The molecule has 0 saturated carbocycles. The first-order chi connectivity index (χ1) is 15.0. The summed E-state index contributed by atoms with van der Waals surface area (Å²) in [5, 5.41) is 4.03. The molecule has 0 atom stereocenters. The van der Waals surface area contributed by atoms with E-state index >= 15 is 0 Å². The third kappa shape index (κ3) is 5.25. The number of hydrogen-bond donors (Lipinski definition) is 1. The third-order valence-corrected chi connectivity index (χ3v) is 5.21. The molecule has 0 unspecified atom stereocenters. The number of pyridine rings is 1. The van der Waals surface area contributed by atoms with E-state index in [9.17, 15) is 13.2 Å².